The van der Waals surface area contributed by atoms with Gasteiger partial charge >= 0.3 is 0 Å². The van der Waals surface area contributed by atoms with Crippen molar-refractivity contribution in [3.63, 3.8) is 0 Å². The number of carbonyl (C=O) groups is 2. The molecule has 1 heterocycles. The lowest BCUT2D eigenvalue weighted by molar-refractivity contribution is -0.119. The highest BCUT2D eigenvalue weighted by Crippen LogP contribution is 2.42. The van der Waals surface area contributed by atoms with Gasteiger partial charge in [-0.1, -0.05) is 42.5 Å². The number of nitrogens with two attached hydrogens (primary N) is 1. The Bertz CT molecular complexity index is 983. The highest BCUT2D eigenvalue weighted by Gasteiger charge is 2.32. The molecule has 0 spiro atoms. The number of amides is 2. The topological polar surface area (TPSA) is 101 Å². The first kappa shape index (κ1) is 17.3. The number of aromatic nitrogens is 2. The van der Waals surface area contributed by atoms with Crippen LogP contribution in [0.1, 0.15) is 36.4 Å². The molecule has 3 aromatic rings. The Morgan fingerprint density at radius 1 is 1.15 bits per heavy atom. The number of nitrogens with zero attached hydrogens (tertiary/aromatic N) is 1. The third kappa shape index (κ3) is 3.84. The van der Waals surface area contributed by atoms with Crippen molar-refractivity contribution in [2.45, 2.75) is 31.6 Å². The molecule has 2 amide bonds. The summed E-state index contributed by atoms with van der Waals surface area (Å²) in [6.07, 6.45) is 2.59. The van der Waals surface area contributed by atoms with Crippen LogP contribution >= 0.6 is 0 Å². The van der Waals surface area contributed by atoms with Crippen molar-refractivity contribution in [2.75, 3.05) is 5.32 Å². The molecule has 0 radical (unpaired) electrons. The highest BCUT2D eigenvalue weighted by molar-refractivity contribution is 5.95. The van der Waals surface area contributed by atoms with Crippen LogP contribution in [0.15, 0.2) is 48.5 Å². The molecule has 1 aromatic heterocycles. The van der Waals surface area contributed by atoms with Crippen molar-refractivity contribution in [3.8, 4) is 0 Å². The second kappa shape index (κ2) is 7.23. The quantitative estimate of drug-likeness (QED) is 0.628. The number of primary amides is 1. The van der Waals surface area contributed by atoms with Crippen molar-refractivity contribution in [1.82, 2.24) is 10.2 Å². The Morgan fingerprint density at radius 2 is 1.93 bits per heavy atom. The van der Waals surface area contributed by atoms with E-state index in [9.17, 15) is 9.59 Å². The fourth-order valence-electron chi connectivity index (χ4n) is 3.86. The maximum absolute atomic E-state index is 12.4. The fourth-order valence-corrected chi connectivity index (χ4v) is 3.86. The first-order chi connectivity index (χ1) is 13.1. The van der Waals surface area contributed by atoms with Gasteiger partial charge in [-0.3, -0.25) is 14.7 Å². The number of fused-ring (bicyclic) bond motifs is 1. The van der Waals surface area contributed by atoms with Gasteiger partial charge in [0.15, 0.2) is 5.82 Å². The smallest absolute Gasteiger partial charge is 0.230 e. The molecule has 6 heteroatoms. The van der Waals surface area contributed by atoms with E-state index < -0.39 is 0 Å². The van der Waals surface area contributed by atoms with E-state index in [4.69, 9.17) is 5.73 Å². The Labute approximate surface area is 157 Å². The molecule has 0 atom stereocenters. The minimum Gasteiger partial charge on any atom is -0.370 e. The molecule has 1 aliphatic rings. The third-order valence-electron chi connectivity index (χ3n) is 5.26. The first-order valence-electron chi connectivity index (χ1n) is 9.18. The largest absolute Gasteiger partial charge is 0.370 e. The van der Waals surface area contributed by atoms with Crippen LogP contribution in [0.4, 0.5) is 5.82 Å². The van der Waals surface area contributed by atoms with Gasteiger partial charge in [0.1, 0.15) is 0 Å². The van der Waals surface area contributed by atoms with Crippen molar-refractivity contribution in [2.24, 2.45) is 11.7 Å². The Balaban J connectivity index is 1.37. The Kier molecular flexibility index (Phi) is 4.62. The zero-order valence-electron chi connectivity index (χ0n) is 14.9. The summed E-state index contributed by atoms with van der Waals surface area (Å²) in [6, 6.07) is 15.9. The molecule has 0 bridgehead atoms. The summed E-state index contributed by atoms with van der Waals surface area (Å²) < 4.78 is 0. The van der Waals surface area contributed by atoms with E-state index >= 15 is 0 Å². The van der Waals surface area contributed by atoms with Gasteiger partial charge in [0.05, 0.1) is 6.42 Å². The SMILES string of the molecule is NC(=O)CC1CC(c2cc(NC(=O)Cc3cccc4ccccc34)n[nH]2)C1. The predicted octanol–water partition coefficient (Wildman–Crippen LogP) is 3.11. The zero-order valence-corrected chi connectivity index (χ0v) is 14.9. The van der Waals surface area contributed by atoms with Gasteiger partial charge in [-0.15, -0.1) is 0 Å². The summed E-state index contributed by atoms with van der Waals surface area (Å²) in [4.78, 5) is 23.4. The molecule has 4 rings (SSSR count). The minimum atomic E-state index is -0.246. The van der Waals surface area contributed by atoms with Crippen LogP contribution in [0.25, 0.3) is 10.8 Å². The normalized spacial score (nSPS) is 18.8. The van der Waals surface area contributed by atoms with E-state index in [1.165, 1.54) is 0 Å². The van der Waals surface area contributed by atoms with Gasteiger partial charge in [-0.2, -0.15) is 5.10 Å². The number of aromatic amines is 1. The van der Waals surface area contributed by atoms with E-state index in [0.29, 0.717) is 30.5 Å². The van der Waals surface area contributed by atoms with Crippen LogP contribution < -0.4 is 11.1 Å². The van der Waals surface area contributed by atoms with Gasteiger partial charge in [0.25, 0.3) is 0 Å². The number of carbonyl (C=O) groups excluding carboxylic acids is 2. The molecule has 1 saturated carbocycles. The maximum atomic E-state index is 12.4. The highest BCUT2D eigenvalue weighted by atomic mass is 16.2. The average molecular weight is 362 g/mol. The first-order valence-corrected chi connectivity index (χ1v) is 9.18. The van der Waals surface area contributed by atoms with Crippen molar-refractivity contribution < 1.29 is 9.59 Å². The van der Waals surface area contributed by atoms with E-state index in [2.05, 4.69) is 15.5 Å². The summed E-state index contributed by atoms with van der Waals surface area (Å²) in [5.74, 6) is 0.911. The monoisotopic (exact) mass is 362 g/mol. The molecule has 6 nitrogen and oxygen atoms in total. The number of rotatable bonds is 6. The molecule has 0 saturated heterocycles. The lowest BCUT2D eigenvalue weighted by Gasteiger charge is -2.33. The summed E-state index contributed by atoms with van der Waals surface area (Å²) in [6.45, 7) is 0. The molecule has 1 fully saturated rings. The van der Waals surface area contributed by atoms with Crippen LogP contribution in [0.5, 0.6) is 0 Å². The minimum absolute atomic E-state index is 0.0929. The maximum Gasteiger partial charge on any atom is 0.230 e. The molecule has 2 aromatic carbocycles. The fraction of sp³-hybridized carbons (Fsp3) is 0.286. The standard InChI is InChI=1S/C21H22N4O2/c22-19(26)10-13-8-16(9-13)18-12-20(25-24-18)23-21(27)11-15-6-3-5-14-4-1-2-7-17(14)15/h1-7,12-13,16H,8-11H2,(H2,22,26)(H2,23,24,25,27). The predicted molar refractivity (Wildman–Crippen MR) is 104 cm³/mol. The van der Waals surface area contributed by atoms with Gasteiger partial charge in [0, 0.05) is 24.1 Å². The van der Waals surface area contributed by atoms with Gasteiger partial charge in [-0.05, 0) is 35.1 Å². The summed E-state index contributed by atoms with van der Waals surface area (Å²) in [7, 11) is 0. The third-order valence-corrected chi connectivity index (χ3v) is 5.26. The molecule has 27 heavy (non-hydrogen) atoms. The van der Waals surface area contributed by atoms with Crippen LogP contribution in [0.2, 0.25) is 0 Å². The Morgan fingerprint density at radius 3 is 2.74 bits per heavy atom. The van der Waals surface area contributed by atoms with Gasteiger partial charge in [-0.25, -0.2) is 0 Å². The number of hydrogen-bond acceptors (Lipinski definition) is 3. The summed E-state index contributed by atoms with van der Waals surface area (Å²) in [5, 5.41) is 12.3. The van der Waals surface area contributed by atoms with Crippen LogP contribution in [-0.4, -0.2) is 22.0 Å². The van der Waals surface area contributed by atoms with Gasteiger partial charge in [0.2, 0.25) is 11.8 Å². The number of H-pyrrole nitrogens is 1. The number of benzene rings is 2. The van der Waals surface area contributed by atoms with Crippen molar-refractivity contribution >= 4 is 28.4 Å². The van der Waals surface area contributed by atoms with Crippen molar-refractivity contribution in [3.05, 3.63) is 59.8 Å². The van der Waals surface area contributed by atoms with Crippen molar-refractivity contribution in [1.29, 1.82) is 0 Å². The number of anilines is 1. The average Bonchev–Trinajstić information content (AvgIpc) is 3.05. The van der Waals surface area contributed by atoms with Crippen LogP contribution in [-0.2, 0) is 16.0 Å². The Hall–Kier alpha value is -3.15. The number of nitrogens with one attached hydrogen (secondary N) is 2. The molecule has 0 aliphatic heterocycles. The van der Waals surface area contributed by atoms with E-state index in [0.717, 1.165) is 34.9 Å². The molecular formula is C21H22N4O2. The summed E-state index contributed by atoms with van der Waals surface area (Å²) in [5.41, 5.74) is 7.23. The van der Waals surface area contributed by atoms with Crippen LogP contribution in [0.3, 0.4) is 0 Å². The molecule has 4 N–H and O–H groups in total. The molecule has 138 valence electrons. The lowest BCUT2D eigenvalue weighted by atomic mass is 9.72. The summed E-state index contributed by atoms with van der Waals surface area (Å²) >= 11 is 0. The lowest BCUT2D eigenvalue weighted by Crippen LogP contribution is -2.27. The van der Waals surface area contributed by atoms with E-state index in [1.807, 2.05) is 48.5 Å². The molecule has 0 unspecified atom stereocenters. The second-order valence-corrected chi connectivity index (χ2v) is 7.28. The van der Waals surface area contributed by atoms with Crippen LogP contribution in [0, 0.1) is 5.92 Å². The molecule has 1 aliphatic carbocycles. The second-order valence-electron chi connectivity index (χ2n) is 7.28. The molecular weight excluding hydrogens is 340 g/mol. The van der Waals surface area contributed by atoms with E-state index in [-0.39, 0.29) is 11.8 Å². The zero-order chi connectivity index (χ0) is 18.8. The van der Waals surface area contributed by atoms with E-state index in [1.54, 1.807) is 0 Å². The van der Waals surface area contributed by atoms with Gasteiger partial charge < -0.3 is 11.1 Å². The number of hydrogen-bond donors (Lipinski definition) is 3.